The van der Waals surface area contributed by atoms with Crippen LogP contribution in [0.2, 0.25) is 10.0 Å². The first kappa shape index (κ1) is 26.4. The molecule has 0 aromatic heterocycles. The second-order valence-electron chi connectivity index (χ2n) is 10.7. The van der Waals surface area contributed by atoms with Crippen LogP contribution in [0.1, 0.15) is 72.4 Å². The van der Waals surface area contributed by atoms with Crippen LogP contribution in [0.15, 0.2) is 30.3 Å². The van der Waals surface area contributed by atoms with Gasteiger partial charge in [-0.3, -0.25) is 4.79 Å². The maximum atomic E-state index is 14.2. The van der Waals surface area contributed by atoms with Crippen LogP contribution in [0.5, 0.6) is 0 Å². The molecular weight excluding hydrogens is 547 g/mol. The fraction of sp³-hybridized carbons (Fsp3) is 0.462. The van der Waals surface area contributed by atoms with Gasteiger partial charge >= 0.3 is 5.97 Å². The van der Waals surface area contributed by atoms with Crippen LogP contribution in [0.4, 0.5) is 8.78 Å². The van der Waals surface area contributed by atoms with Crippen LogP contribution >= 0.6 is 23.2 Å². The largest absolute Gasteiger partial charge is 0.454 e. The SMILES string of the molecule is C[C@@H](OC(=O)c1cc(Cl)c(Cl)cc1C(=O)N1[C@@H]2C[C@H]3CC[C@]2(CS1(=O)=O)C3(C)C)c1c(F)cccc1F. The predicted octanol–water partition coefficient (Wildman–Crippen LogP) is 6.17. The zero-order valence-electron chi connectivity index (χ0n) is 20.4. The lowest BCUT2D eigenvalue weighted by Gasteiger charge is -2.37. The number of amides is 1. The van der Waals surface area contributed by atoms with E-state index in [9.17, 15) is 26.8 Å². The fourth-order valence-electron chi connectivity index (χ4n) is 6.75. The van der Waals surface area contributed by atoms with Crippen molar-refractivity contribution in [1.82, 2.24) is 4.31 Å². The molecule has 4 atom stereocenters. The standard InChI is InChI=1S/C26H25Cl2F2NO5S/c1-13(22-19(29)5-4-6-20(22)30)36-24(33)16-11-18(28)17(27)10-15(16)23(32)31-21-9-14-7-8-26(21,25(14,2)3)12-37(31,34)35/h4-6,10-11,13-14,21H,7-9,12H2,1-3H3/t13-,14-,21-,26-/m1/s1. The van der Waals surface area contributed by atoms with Crippen LogP contribution in [-0.4, -0.2) is 36.4 Å². The number of hydrogen-bond acceptors (Lipinski definition) is 5. The Bertz CT molecular complexity index is 1430. The van der Waals surface area contributed by atoms with Crippen LogP contribution in [0, 0.1) is 28.4 Å². The van der Waals surface area contributed by atoms with Crippen LogP contribution < -0.4 is 0 Å². The summed E-state index contributed by atoms with van der Waals surface area (Å²) in [5.41, 5.74) is -1.95. The molecule has 2 aliphatic carbocycles. The highest BCUT2D eigenvalue weighted by molar-refractivity contribution is 7.90. The van der Waals surface area contributed by atoms with E-state index in [2.05, 4.69) is 13.8 Å². The Morgan fingerprint density at radius 3 is 2.30 bits per heavy atom. The second-order valence-corrected chi connectivity index (χ2v) is 13.4. The van der Waals surface area contributed by atoms with Gasteiger partial charge in [0.05, 0.1) is 38.5 Å². The quantitative estimate of drug-likeness (QED) is 0.410. The third-order valence-corrected chi connectivity index (χ3v) is 11.4. The number of fused-ring (bicyclic) bond motifs is 1. The number of carbonyl (C=O) groups excluding carboxylic acids is 2. The van der Waals surface area contributed by atoms with Crippen molar-refractivity contribution in [1.29, 1.82) is 0 Å². The molecule has 2 saturated carbocycles. The summed E-state index contributed by atoms with van der Waals surface area (Å²) in [7, 11) is -3.99. The molecule has 0 radical (unpaired) electrons. The molecule has 5 rings (SSSR count). The number of esters is 1. The molecule has 1 spiro atoms. The Balaban J connectivity index is 1.53. The number of sulfonamides is 1. The Labute approximate surface area is 223 Å². The van der Waals surface area contributed by atoms with Crippen molar-refractivity contribution < 1.29 is 31.5 Å². The lowest BCUT2D eigenvalue weighted by atomic mass is 9.69. The molecule has 2 aromatic carbocycles. The highest BCUT2D eigenvalue weighted by Crippen LogP contribution is 2.70. The van der Waals surface area contributed by atoms with Crippen molar-refractivity contribution in [3.8, 4) is 0 Å². The van der Waals surface area contributed by atoms with Crippen molar-refractivity contribution >= 4 is 45.1 Å². The predicted molar refractivity (Wildman–Crippen MR) is 134 cm³/mol. The van der Waals surface area contributed by atoms with Gasteiger partial charge in [0.2, 0.25) is 10.0 Å². The van der Waals surface area contributed by atoms with E-state index in [1.165, 1.54) is 13.0 Å². The van der Waals surface area contributed by atoms with Gasteiger partial charge in [-0.05, 0) is 61.8 Å². The maximum Gasteiger partial charge on any atom is 0.339 e. The molecule has 3 fully saturated rings. The van der Waals surface area contributed by atoms with E-state index in [1.54, 1.807) is 0 Å². The first-order valence-corrected chi connectivity index (χ1v) is 14.3. The number of halogens is 4. The van der Waals surface area contributed by atoms with Gasteiger partial charge in [0.1, 0.15) is 17.7 Å². The van der Waals surface area contributed by atoms with E-state index in [1.807, 2.05) is 0 Å². The van der Waals surface area contributed by atoms with Crippen LogP contribution in [-0.2, 0) is 14.8 Å². The Hall–Kier alpha value is -2.23. The zero-order chi connectivity index (χ0) is 27.1. The molecule has 198 valence electrons. The highest BCUT2D eigenvalue weighted by atomic mass is 35.5. The molecule has 6 nitrogen and oxygen atoms in total. The number of hydrogen-bond donors (Lipinski definition) is 0. The van der Waals surface area contributed by atoms with Gasteiger partial charge in [-0.15, -0.1) is 0 Å². The van der Waals surface area contributed by atoms with Crippen LogP contribution in [0.25, 0.3) is 0 Å². The van der Waals surface area contributed by atoms with Gasteiger partial charge in [0, 0.05) is 5.41 Å². The summed E-state index contributed by atoms with van der Waals surface area (Å²) in [6, 6.07) is 4.94. The summed E-state index contributed by atoms with van der Waals surface area (Å²) in [6.45, 7) is 5.39. The van der Waals surface area contributed by atoms with E-state index in [-0.39, 0.29) is 38.3 Å². The summed E-state index contributed by atoms with van der Waals surface area (Å²) < 4.78 is 61.4. The van der Waals surface area contributed by atoms with Crippen molar-refractivity contribution in [3.63, 3.8) is 0 Å². The third-order valence-electron chi connectivity index (χ3n) is 8.81. The number of rotatable bonds is 4. The van der Waals surface area contributed by atoms with Crippen molar-refractivity contribution in [2.75, 3.05) is 5.75 Å². The smallest absolute Gasteiger partial charge is 0.339 e. The topological polar surface area (TPSA) is 80.8 Å². The number of ether oxygens (including phenoxy) is 1. The molecule has 0 unspecified atom stereocenters. The van der Waals surface area contributed by atoms with E-state index in [0.29, 0.717) is 12.8 Å². The van der Waals surface area contributed by atoms with E-state index >= 15 is 0 Å². The first-order valence-electron chi connectivity index (χ1n) is 11.9. The average molecular weight is 572 g/mol. The van der Waals surface area contributed by atoms with E-state index < -0.39 is 56.7 Å². The van der Waals surface area contributed by atoms with Crippen molar-refractivity contribution in [3.05, 3.63) is 68.7 Å². The summed E-state index contributed by atoms with van der Waals surface area (Å²) in [4.78, 5) is 27.0. The molecule has 0 N–H and O–H groups in total. The van der Waals surface area contributed by atoms with E-state index in [4.69, 9.17) is 27.9 Å². The monoisotopic (exact) mass is 571 g/mol. The summed E-state index contributed by atoms with van der Waals surface area (Å²) in [5.74, 6) is -3.68. The Morgan fingerprint density at radius 1 is 1.11 bits per heavy atom. The van der Waals surface area contributed by atoms with Crippen molar-refractivity contribution in [2.24, 2.45) is 16.7 Å². The Morgan fingerprint density at radius 2 is 1.70 bits per heavy atom. The van der Waals surface area contributed by atoms with Gasteiger partial charge in [-0.2, -0.15) is 0 Å². The normalized spacial score (nSPS) is 27.7. The lowest BCUT2D eigenvalue weighted by molar-refractivity contribution is 0.0319. The number of nitrogens with zero attached hydrogens (tertiary/aromatic N) is 1. The van der Waals surface area contributed by atoms with Gasteiger partial charge in [0.25, 0.3) is 5.91 Å². The van der Waals surface area contributed by atoms with Gasteiger partial charge in [-0.1, -0.05) is 43.1 Å². The highest BCUT2D eigenvalue weighted by Gasteiger charge is 2.72. The molecule has 1 aliphatic heterocycles. The summed E-state index contributed by atoms with van der Waals surface area (Å²) >= 11 is 12.3. The van der Waals surface area contributed by atoms with Gasteiger partial charge in [-0.25, -0.2) is 26.3 Å². The number of carbonyl (C=O) groups is 2. The summed E-state index contributed by atoms with van der Waals surface area (Å²) in [5, 5.41) is -0.133. The second kappa shape index (κ2) is 8.64. The fourth-order valence-corrected chi connectivity index (χ4v) is 9.60. The Kier molecular flexibility index (Phi) is 6.16. The third kappa shape index (κ3) is 3.80. The molecule has 3 aliphatic rings. The minimum absolute atomic E-state index is 0.0608. The minimum atomic E-state index is -3.99. The average Bonchev–Trinajstić information content (AvgIpc) is 3.28. The van der Waals surface area contributed by atoms with Crippen molar-refractivity contribution in [2.45, 2.75) is 52.2 Å². The van der Waals surface area contributed by atoms with E-state index in [0.717, 1.165) is 35.0 Å². The molecule has 1 saturated heterocycles. The molecule has 1 heterocycles. The first-order chi connectivity index (χ1) is 17.2. The summed E-state index contributed by atoms with van der Waals surface area (Å²) in [6.07, 6.45) is 0.787. The number of benzene rings is 2. The maximum absolute atomic E-state index is 14.2. The lowest BCUT2D eigenvalue weighted by Crippen LogP contribution is -2.44. The molecule has 37 heavy (non-hydrogen) atoms. The van der Waals surface area contributed by atoms with Gasteiger partial charge in [0.15, 0.2) is 0 Å². The molecule has 1 amide bonds. The molecular formula is C26H25Cl2F2NO5S. The molecule has 2 bridgehead atoms. The zero-order valence-corrected chi connectivity index (χ0v) is 22.7. The minimum Gasteiger partial charge on any atom is -0.454 e. The van der Waals surface area contributed by atoms with Gasteiger partial charge < -0.3 is 4.74 Å². The molecule has 11 heteroatoms. The molecule has 2 aromatic rings. The van der Waals surface area contributed by atoms with Crippen LogP contribution in [0.3, 0.4) is 0 Å².